The molecule has 0 rings (SSSR count). The zero-order valence-corrected chi connectivity index (χ0v) is 11.6. The molecule has 1 atom stereocenters. The van der Waals surface area contributed by atoms with Crippen molar-refractivity contribution in [2.45, 2.75) is 32.8 Å². The van der Waals surface area contributed by atoms with Gasteiger partial charge in [0.15, 0.2) is 0 Å². The van der Waals surface area contributed by atoms with Crippen LogP contribution in [0.15, 0.2) is 0 Å². The molecule has 0 aliphatic carbocycles. The van der Waals surface area contributed by atoms with Crippen LogP contribution in [0.5, 0.6) is 0 Å². The van der Waals surface area contributed by atoms with Crippen molar-refractivity contribution in [3.05, 3.63) is 0 Å². The van der Waals surface area contributed by atoms with E-state index in [9.17, 15) is 13.5 Å². The van der Waals surface area contributed by atoms with Crippen molar-refractivity contribution in [3.63, 3.8) is 0 Å². The van der Waals surface area contributed by atoms with Gasteiger partial charge in [-0.25, -0.2) is 0 Å². The van der Waals surface area contributed by atoms with Crippen LogP contribution >= 0.6 is 0 Å². The van der Waals surface area contributed by atoms with Gasteiger partial charge in [0.1, 0.15) is 0 Å². The first-order chi connectivity index (χ1) is 7.96. The normalized spacial score (nSPS) is 14.2. The molecule has 0 heterocycles. The number of methoxy groups -OCH3 is 1. The van der Waals surface area contributed by atoms with Crippen LogP contribution in [0, 0.1) is 5.92 Å². The van der Waals surface area contributed by atoms with Crippen molar-refractivity contribution < 1.29 is 18.3 Å². The summed E-state index contributed by atoms with van der Waals surface area (Å²) >= 11 is 0. The highest BCUT2D eigenvalue weighted by molar-refractivity contribution is 7.87. The fourth-order valence-electron chi connectivity index (χ4n) is 1.52. The summed E-state index contributed by atoms with van der Waals surface area (Å²) in [7, 11) is -2.04. The van der Waals surface area contributed by atoms with Gasteiger partial charge >= 0.3 is 0 Å². The molecule has 0 aliphatic heterocycles. The fraction of sp³-hybridized carbons (Fsp3) is 1.00. The van der Waals surface area contributed by atoms with Crippen molar-refractivity contribution in [1.29, 1.82) is 0 Å². The van der Waals surface area contributed by atoms with Crippen LogP contribution < -0.4 is 9.44 Å². The molecule has 104 valence electrons. The van der Waals surface area contributed by atoms with E-state index >= 15 is 0 Å². The molecule has 0 radical (unpaired) electrons. The maximum atomic E-state index is 11.4. The topological polar surface area (TPSA) is 87.7 Å². The minimum atomic E-state index is -3.54. The number of aliphatic hydroxyl groups is 1. The van der Waals surface area contributed by atoms with Gasteiger partial charge < -0.3 is 9.84 Å². The quantitative estimate of drug-likeness (QED) is 0.481. The van der Waals surface area contributed by atoms with E-state index in [2.05, 4.69) is 9.44 Å². The molecule has 0 aliphatic rings. The smallest absolute Gasteiger partial charge is 0.277 e. The molecular formula is C10H24N2O4S. The van der Waals surface area contributed by atoms with Crippen molar-refractivity contribution >= 4 is 10.2 Å². The number of hydrogen-bond donors (Lipinski definition) is 3. The Morgan fingerprint density at radius 3 is 2.29 bits per heavy atom. The van der Waals surface area contributed by atoms with Crippen molar-refractivity contribution in [2.75, 3.05) is 26.8 Å². The van der Waals surface area contributed by atoms with Gasteiger partial charge in [-0.3, -0.25) is 0 Å². The SMILES string of the molecule is CCC(CC)C(O)CNS(=O)(=O)NCCOC. The Kier molecular flexibility index (Phi) is 8.71. The van der Waals surface area contributed by atoms with Crippen LogP contribution in [0.4, 0.5) is 0 Å². The first-order valence-corrected chi connectivity index (χ1v) is 7.36. The van der Waals surface area contributed by atoms with Gasteiger partial charge in [-0.05, 0) is 5.92 Å². The number of aliphatic hydroxyl groups excluding tert-OH is 1. The molecular weight excluding hydrogens is 244 g/mol. The molecule has 0 saturated heterocycles. The first kappa shape index (κ1) is 16.8. The van der Waals surface area contributed by atoms with Gasteiger partial charge in [-0.1, -0.05) is 26.7 Å². The van der Waals surface area contributed by atoms with Gasteiger partial charge in [-0.2, -0.15) is 17.9 Å². The summed E-state index contributed by atoms with van der Waals surface area (Å²) in [5.41, 5.74) is 0. The van der Waals surface area contributed by atoms with Crippen LogP contribution in [-0.2, 0) is 14.9 Å². The maximum Gasteiger partial charge on any atom is 0.277 e. The predicted molar refractivity (Wildman–Crippen MR) is 66.9 cm³/mol. The maximum absolute atomic E-state index is 11.4. The lowest BCUT2D eigenvalue weighted by Crippen LogP contribution is -2.43. The molecule has 1 unspecified atom stereocenters. The van der Waals surface area contributed by atoms with E-state index in [1.165, 1.54) is 7.11 Å². The van der Waals surface area contributed by atoms with Crippen LogP contribution in [0.1, 0.15) is 26.7 Å². The molecule has 0 amide bonds. The second-order valence-corrected chi connectivity index (χ2v) is 5.47. The summed E-state index contributed by atoms with van der Waals surface area (Å²) in [6.07, 6.45) is 1.01. The van der Waals surface area contributed by atoms with E-state index in [4.69, 9.17) is 4.74 Å². The second kappa shape index (κ2) is 8.82. The molecule has 17 heavy (non-hydrogen) atoms. The highest BCUT2D eigenvalue weighted by Crippen LogP contribution is 2.12. The third-order valence-electron chi connectivity index (χ3n) is 2.67. The van der Waals surface area contributed by atoms with Crippen LogP contribution in [-0.4, -0.2) is 46.4 Å². The number of nitrogens with one attached hydrogen (secondary N) is 2. The van der Waals surface area contributed by atoms with E-state index < -0.39 is 16.3 Å². The van der Waals surface area contributed by atoms with E-state index in [0.717, 1.165) is 12.8 Å². The minimum absolute atomic E-state index is 0.0364. The van der Waals surface area contributed by atoms with E-state index in [1.807, 2.05) is 13.8 Å². The third-order valence-corrected chi connectivity index (χ3v) is 3.80. The molecule has 0 fully saturated rings. The average molecular weight is 268 g/mol. The number of ether oxygens (including phenoxy) is 1. The van der Waals surface area contributed by atoms with Crippen molar-refractivity contribution in [2.24, 2.45) is 5.92 Å². The summed E-state index contributed by atoms with van der Waals surface area (Å²) in [5, 5.41) is 9.76. The lowest BCUT2D eigenvalue weighted by Gasteiger charge is -2.20. The first-order valence-electron chi connectivity index (χ1n) is 5.88. The molecule has 3 N–H and O–H groups in total. The van der Waals surface area contributed by atoms with Crippen molar-refractivity contribution in [3.8, 4) is 0 Å². The Bertz CT molecular complexity index is 278. The Hall–Kier alpha value is -0.210. The van der Waals surface area contributed by atoms with Gasteiger partial charge in [0.05, 0.1) is 12.7 Å². The van der Waals surface area contributed by atoms with Gasteiger partial charge in [0, 0.05) is 20.2 Å². The molecule has 0 spiro atoms. The van der Waals surface area contributed by atoms with Gasteiger partial charge in [-0.15, -0.1) is 0 Å². The Morgan fingerprint density at radius 2 is 1.82 bits per heavy atom. The average Bonchev–Trinajstić information content (AvgIpc) is 2.28. The second-order valence-electron chi connectivity index (χ2n) is 3.88. The van der Waals surface area contributed by atoms with Crippen molar-refractivity contribution in [1.82, 2.24) is 9.44 Å². The fourth-order valence-corrected chi connectivity index (χ4v) is 2.37. The minimum Gasteiger partial charge on any atom is -0.391 e. The molecule has 0 bridgehead atoms. The monoisotopic (exact) mass is 268 g/mol. The molecule has 7 heteroatoms. The molecule has 0 aromatic rings. The zero-order chi connectivity index (χ0) is 13.3. The van der Waals surface area contributed by atoms with Crippen LogP contribution in [0.3, 0.4) is 0 Å². The van der Waals surface area contributed by atoms with E-state index in [-0.39, 0.29) is 19.0 Å². The molecule has 0 saturated carbocycles. The van der Waals surface area contributed by atoms with Crippen LogP contribution in [0.25, 0.3) is 0 Å². The predicted octanol–water partition coefficient (Wildman–Crippen LogP) is -0.146. The number of rotatable bonds is 10. The molecule has 6 nitrogen and oxygen atoms in total. The Morgan fingerprint density at radius 1 is 1.24 bits per heavy atom. The van der Waals surface area contributed by atoms with Crippen LogP contribution in [0.2, 0.25) is 0 Å². The Labute approximate surface area is 104 Å². The lowest BCUT2D eigenvalue weighted by molar-refractivity contribution is 0.107. The summed E-state index contributed by atoms with van der Waals surface area (Å²) in [5.74, 6) is 0.122. The third kappa shape index (κ3) is 7.67. The standard InChI is InChI=1S/C10H24N2O4S/c1-4-9(5-2)10(13)8-12-17(14,15)11-6-7-16-3/h9-13H,4-8H2,1-3H3. The van der Waals surface area contributed by atoms with Gasteiger partial charge in [0.25, 0.3) is 10.2 Å². The Balaban J connectivity index is 4.00. The highest BCUT2D eigenvalue weighted by Gasteiger charge is 2.18. The number of hydrogen-bond acceptors (Lipinski definition) is 4. The molecule has 0 aromatic heterocycles. The largest absolute Gasteiger partial charge is 0.391 e. The lowest BCUT2D eigenvalue weighted by atomic mass is 9.97. The highest BCUT2D eigenvalue weighted by atomic mass is 32.2. The zero-order valence-electron chi connectivity index (χ0n) is 10.8. The van der Waals surface area contributed by atoms with E-state index in [0.29, 0.717) is 6.61 Å². The molecule has 0 aromatic carbocycles. The summed E-state index contributed by atoms with van der Waals surface area (Å²) in [6, 6.07) is 0. The van der Waals surface area contributed by atoms with Gasteiger partial charge in [0.2, 0.25) is 0 Å². The summed E-state index contributed by atoms with van der Waals surface area (Å²) in [6.45, 7) is 4.52. The summed E-state index contributed by atoms with van der Waals surface area (Å²) in [4.78, 5) is 0. The summed E-state index contributed by atoms with van der Waals surface area (Å²) < 4.78 is 32.2. The van der Waals surface area contributed by atoms with E-state index in [1.54, 1.807) is 0 Å².